The van der Waals surface area contributed by atoms with E-state index in [1.165, 1.54) is 6.07 Å². The van der Waals surface area contributed by atoms with Crippen molar-refractivity contribution in [3.8, 4) is 17.0 Å². The molecule has 0 amide bonds. The predicted molar refractivity (Wildman–Crippen MR) is 73.0 cm³/mol. The Labute approximate surface area is 116 Å². The summed E-state index contributed by atoms with van der Waals surface area (Å²) in [6.07, 6.45) is 1.66. The number of nitrogens with zero attached hydrogens (tertiary/aromatic N) is 2. The van der Waals surface area contributed by atoms with Gasteiger partial charge in [-0.1, -0.05) is 0 Å². The van der Waals surface area contributed by atoms with Gasteiger partial charge in [0, 0.05) is 25.9 Å². The highest BCUT2D eigenvalue weighted by atomic mass is 16.5. The topological polar surface area (TPSA) is 73.6 Å². The van der Waals surface area contributed by atoms with Crippen LogP contribution in [0.1, 0.15) is 10.4 Å². The molecule has 0 aliphatic rings. The second-order valence-corrected chi connectivity index (χ2v) is 4.23. The van der Waals surface area contributed by atoms with Crippen LogP contribution in [0.25, 0.3) is 11.3 Å². The number of hydrogen-bond donors (Lipinski definition) is 1. The van der Waals surface area contributed by atoms with Crippen molar-refractivity contribution in [3.05, 3.63) is 36.0 Å². The lowest BCUT2D eigenvalue weighted by molar-refractivity contribution is 0.0696. The van der Waals surface area contributed by atoms with Crippen LogP contribution in [0.3, 0.4) is 0 Å². The number of hydrogen-bond acceptors (Lipinski definition) is 4. The Morgan fingerprint density at radius 3 is 2.75 bits per heavy atom. The van der Waals surface area contributed by atoms with Crippen LogP contribution in [0.4, 0.5) is 0 Å². The molecule has 1 aromatic heterocycles. The molecule has 0 atom stereocenters. The molecule has 0 saturated carbocycles. The van der Waals surface area contributed by atoms with Crippen molar-refractivity contribution < 1.29 is 19.4 Å². The lowest BCUT2D eigenvalue weighted by Crippen LogP contribution is -2.06. The summed E-state index contributed by atoms with van der Waals surface area (Å²) in [5, 5.41) is 13.3. The second-order valence-electron chi connectivity index (χ2n) is 4.23. The van der Waals surface area contributed by atoms with E-state index in [0.29, 0.717) is 19.0 Å². The van der Waals surface area contributed by atoms with Gasteiger partial charge in [0.15, 0.2) is 0 Å². The molecule has 0 saturated heterocycles. The Kier molecular flexibility index (Phi) is 4.37. The van der Waals surface area contributed by atoms with Crippen LogP contribution in [0, 0.1) is 0 Å². The molecule has 106 valence electrons. The number of aryl methyl sites for hydroxylation is 1. The van der Waals surface area contributed by atoms with Gasteiger partial charge in [-0.15, -0.1) is 0 Å². The lowest BCUT2D eigenvalue weighted by atomic mass is 10.1. The van der Waals surface area contributed by atoms with E-state index >= 15 is 0 Å². The molecule has 6 heteroatoms. The fourth-order valence-electron chi connectivity index (χ4n) is 1.85. The van der Waals surface area contributed by atoms with Crippen molar-refractivity contribution in [1.82, 2.24) is 9.78 Å². The predicted octanol–water partition coefficient (Wildman–Crippen LogP) is 1.81. The Balaban J connectivity index is 2.36. The van der Waals surface area contributed by atoms with Crippen LogP contribution < -0.4 is 4.74 Å². The highest BCUT2D eigenvalue weighted by Crippen LogP contribution is 2.25. The zero-order valence-electron chi connectivity index (χ0n) is 11.4. The summed E-state index contributed by atoms with van der Waals surface area (Å²) < 4.78 is 12.1. The number of rotatable bonds is 6. The van der Waals surface area contributed by atoms with Gasteiger partial charge < -0.3 is 14.6 Å². The van der Waals surface area contributed by atoms with E-state index in [0.717, 1.165) is 11.3 Å². The minimum Gasteiger partial charge on any atom is -0.491 e. The average Bonchev–Trinajstić information content (AvgIpc) is 2.85. The first-order chi connectivity index (χ1) is 9.61. The van der Waals surface area contributed by atoms with Gasteiger partial charge in [0.25, 0.3) is 0 Å². The van der Waals surface area contributed by atoms with Gasteiger partial charge in [-0.3, -0.25) is 4.68 Å². The highest BCUT2D eigenvalue weighted by molar-refractivity contribution is 5.90. The van der Waals surface area contributed by atoms with Gasteiger partial charge in [-0.05, 0) is 24.3 Å². The molecule has 20 heavy (non-hydrogen) atoms. The third kappa shape index (κ3) is 3.16. The molecule has 0 unspecified atom stereocenters. The quantitative estimate of drug-likeness (QED) is 0.814. The molecule has 0 radical (unpaired) electrons. The van der Waals surface area contributed by atoms with Gasteiger partial charge in [0.05, 0.1) is 17.9 Å². The Morgan fingerprint density at radius 2 is 2.15 bits per heavy atom. The van der Waals surface area contributed by atoms with Gasteiger partial charge in [0.2, 0.25) is 0 Å². The summed E-state index contributed by atoms with van der Waals surface area (Å²) in [7, 11) is 3.38. The van der Waals surface area contributed by atoms with Crippen molar-refractivity contribution in [2.75, 3.05) is 20.3 Å². The van der Waals surface area contributed by atoms with E-state index in [1.807, 2.05) is 6.07 Å². The third-order valence-corrected chi connectivity index (χ3v) is 2.83. The summed E-state index contributed by atoms with van der Waals surface area (Å²) in [5.41, 5.74) is 1.75. The van der Waals surface area contributed by atoms with Crippen LogP contribution in [0.5, 0.6) is 5.75 Å². The van der Waals surface area contributed by atoms with Gasteiger partial charge in [-0.2, -0.15) is 5.10 Å². The Bertz CT molecular complexity index is 607. The molecule has 0 bridgehead atoms. The van der Waals surface area contributed by atoms with Crippen LogP contribution >= 0.6 is 0 Å². The van der Waals surface area contributed by atoms with E-state index in [1.54, 1.807) is 37.2 Å². The maximum absolute atomic E-state index is 11.2. The lowest BCUT2D eigenvalue weighted by Gasteiger charge is -2.10. The number of carboxylic acid groups (broad SMARTS) is 1. The molecule has 2 rings (SSSR count). The standard InChI is InChI=1S/C14H16N2O4/c1-16-13(3-4-15-16)10-7-11(14(17)18)9-12(8-10)20-6-5-19-2/h3-4,7-9H,5-6H2,1-2H3,(H,17,18). The molecule has 0 spiro atoms. The van der Waals surface area contributed by atoms with E-state index in [2.05, 4.69) is 5.10 Å². The zero-order valence-corrected chi connectivity index (χ0v) is 11.4. The monoisotopic (exact) mass is 276 g/mol. The second kappa shape index (κ2) is 6.21. The van der Waals surface area contributed by atoms with Crippen LogP contribution in [-0.2, 0) is 11.8 Å². The zero-order chi connectivity index (χ0) is 14.5. The normalized spacial score (nSPS) is 10.5. The third-order valence-electron chi connectivity index (χ3n) is 2.83. The maximum Gasteiger partial charge on any atom is 0.335 e. The molecule has 1 aromatic carbocycles. The van der Waals surface area contributed by atoms with Gasteiger partial charge >= 0.3 is 5.97 Å². The first kappa shape index (κ1) is 14.1. The van der Waals surface area contributed by atoms with Crippen molar-refractivity contribution in [3.63, 3.8) is 0 Å². The van der Waals surface area contributed by atoms with Crippen LogP contribution in [-0.4, -0.2) is 41.2 Å². The summed E-state index contributed by atoms with van der Waals surface area (Å²) in [6.45, 7) is 0.808. The van der Waals surface area contributed by atoms with E-state index in [-0.39, 0.29) is 5.56 Å². The van der Waals surface area contributed by atoms with E-state index in [9.17, 15) is 4.79 Å². The first-order valence-electron chi connectivity index (χ1n) is 6.10. The molecular formula is C14H16N2O4. The molecular weight excluding hydrogens is 260 g/mol. The first-order valence-corrected chi connectivity index (χ1v) is 6.10. The number of ether oxygens (including phenoxy) is 2. The SMILES string of the molecule is COCCOc1cc(C(=O)O)cc(-c2ccnn2C)c1. The summed E-state index contributed by atoms with van der Waals surface area (Å²) in [6, 6.07) is 6.71. The number of aromatic nitrogens is 2. The van der Waals surface area contributed by atoms with Gasteiger partial charge in [-0.25, -0.2) is 4.79 Å². The fourth-order valence-corrected chi connectivity index (χ4v) is 1.85. The van der Waals surface area contributed by atoms with E-state index < -0.39 is 5.97 Å². The van der Waals surface area contributed by atoms with Crippen molar-refractivity contribution in [2.45, 2.75) is 0 Å². The fraction of sp³-hybridized carbons (Fsp3) is 0.286. The minimum atomic E-state index is -0.995. The molecule has 0 fully saturated rings. The Morgan fingerprint density at radius 1 is 1.35 bits per heavy atom. The molecule has 2 aromatic rings. The van der Waals surface area contributed by atoms with Gasteiger partial charge in [0.1, 0.15) is 12.4 Å². The smallest absolute Gasteiger partial charge is 0.335 e. The minimum absolute atomic E-state index is 0.177. The molecule has 0 aliphatic heterocycles. The summed E-state index contributed by atoms with van der Waals surface area (Å²) >= 11 is 0. The average molecular weight is 276 g/mol. The molecule has 0 aliphatic carbocycles. The summed E-state index contributed by atoms with van der Waals surface area (Å²) in [4.78, 5) is 11.2. The summed E-state index contributed by atoms with van der Waals surface area (Å²) in [5.74, 6) is -0.497. The van der Waals surface area contributed by atoms with Crippen LogP contribution in [0.2, 0.25) is 0 Å². The van der Waals surface area contributed by atoms with Crippen molar-refractivity contribution in [2.24, 2.45) is 7.05 Å². The number of aromatic carboxylic acids is 1. The number of carboxylic acids is 1. The van der Waals surface area contributed by atoms with Crippen molar-refractivity contribution in [1.29, 1.82) is 0 Å². The number of benzene rings is 1. The Hall–Kier alpha value is -2.34. The van der Waals surface area contributed by atoms with Crippen molar-refractivity contribution >= 4 is 5.97 Å². The van der Waals surface area contributed by atoms with E-state index in [4.69, 9.17) is 14.6 Å². The highest BCUT2D eigenvalue weighted by Gasteiger charge is 2.11. The molecule has 6 nitrogen and oxygen atoms in total. The number of carbonyl (C=O) groups is 1. The molecule has 1 N–H and O–H groups in total. The molecule has 1 heterocycles. The van der Waals surface area contributed by atoms with Crippen LogP contribution in [0.15, 0.2) is 30.5 Å². The maximum atomic E-state index is 11.2. The number of methoxy groups -OCH3 is 1. The largest absolute Gasteiger partial charge is 0.491 e.